The monoisotopic (exact) mass is 390 g/mol. The van der Waals surface area contributed by atoms with E-state index < -0.39 is 11.6 Å². The number of piperidine rings is 1. The van der Waals surface area contributed by atoms with Crippen LogP contribution in [0.15, 0.2) is 36.4 Å². The third kappa shape index (κ3) is 4.59. The van der Waals surface area contributed by atoms with Crippen LogP contribution in [0.5, 0.6) is 11.5 Å². The molecule has 2 atom stereocenters. The highest BCUT2D eigenvalue weighted by Crippen LogP contribution is 2.28. The average molecular weight is 390 g/mol. The first kappa shape index (κ1) is 20.1. The number of nitrogens with one attached hydrogen (secondary N) is 2. The molecule has 0 bridgehead atoms. The Morgan fingerprint density at radius 3 is 2.68 bits per heavy atom. The van der Waals surface area contributed by atoms with E-state index in [2.05, 4.69) is 10.6 Å². The van der Waals surface area contributed by atoms with Gasteiger partial charge in [0, 0.05) is 24.1 Å². The smallest absolute Gasteiger partial charge is 0.224 e. The summed E-state index contributed by atoms with van der Waals surface area (Å²) in [7, 11) is 3.11. The van der Waals surface area contributed by atoms with Crippen LogP contribution in [0.2, 0.25) is 0 Å². The van der Waals surface area contributed by atoms with Crippen LogP contribution in [0, 0.1) is 11.6 Å². The molecule has 0 aliphatic carbocycles. The lowest BCUT2D eigenvalue weighted by molar-refractivity contribution is -0.121. The number of carbonyl (C=O) groups excluding carboxylic acids is 1. The fourth-order valence-corrected chi connectivity index (χ4v) is 3.60. The Kier molecular flexibility index (Phi) is 6.46. The molecule has 0 spiro atoms. The highest BCUT2D eigenvalue weighted by Gasteiger charge is 2.28. The van der Waals surface area contributed by atoms with Crippen LogP contribution in [-0.4, -0.2) is 39.3 Å². The molecule has 2 unspecified atom stereocenters. The van der Waals surface area contributed by atoms with Gasteiger partial charge in [0.05, 0.1) is 20.6 Å². The van der Waals surface area contributed by atoms with Gasteiger partial charge >= 0.3 is 0 Å². The van der Waals surface area contributed by atoms with E-state index in [0.29, 0.717) is 29.2 Å². The fraction of sp³-hybridized carbons (Fsp3) is 0.381. The Balaban J connectivity index is 1.73. The molecular weight excluding hydrogens is 366 g/mol. The molecule has 1 heterocycles. The maximum atomic E-state index is 13.7. The van der Waals surface area contributed by atoms with Crippen LogP contribution >= 0.6 is 0 Å². The lowest BCUT2D eigenvalue weighted by Gasteiger charge is -2.33. The third-order valence-corrected chi connectivity index (χ3v) is 5.04. The minimum Gasteiger partial charge on any atom is -0.497 e. The molecule has 0 saturated carbocycles. The number of methoxy groups -OCH3 is 2. The van der Waals surface area contributed by atoms with Gasteiger partial charge in [0.2, 0.25) is 5.91 Å². The SMILES string of the molecule is COc1ccc(OC)c(CC(=O)NC2CNCCC2c2ccc(F)c(F)c2)c1. The van der Waals surface area contributed by atoms with E-state index in [1.807, 2.05) is 0 Å². The van der Waals surface area contributed by atoms with Crippen molar-refractivity contribution >= 4 is 5.91 Å². The van der Waals surface area contributed by atoms with E-state index in [9.17, 15) is 13.6 Å². The first-order valence-corrected chi connectivity index (χ1v) is 9.17. The second kappa shape index (κ2) is 9.01. The Hall–Kier alpha value is -2.67. The van der Waals surface area contributed by atoms with Gasteiger partial charge in [-0.2, -0.15) is 0 Å². The average Bonchev–Trinajstić information content (AvgIpc) is 2.70. The number of hydrogen-bond acceptors (Lipinski definition) is 4. The molecule has 1 aliphatic heterocycles. The molecule has 2 aromatic carbocycles. The van der Waals surface area contributed by atoms with Crippen molar-refractivity contribution in [1.82, 2.24) is 10.6 Å². The van der Waals surface area contributed by atoms with Crippen LogP contribution in [-0.2, 0) is 11.2 Å². The predicted molar refractivity (Wildman–Crippen MR) is 102 cm³/mol. The van der Waals surface area contributed by atoms with Crippen LogP contribution in [0.1, 0.15) is 23.5 Å². The largest absolute Gasteiger partial charge is 0.497 e. The maximum absolute atomic E-state index is 13.7. The molecule has 1 fully saturated rings. The van der Waals surface area contributed by atoms with Gasteiger partial charge in [0.1, 0.15) is 11.5 Å². The maximum Gasteiger partial charge on any atom is 0.224 e. The van der Waals surface area contributed by atoms with E-state index in [1.165, 1.54) is 6.07 Å². The number of carbonyl (C=O) groups is 1. The first-order chi connectivity index (χ1) is 13.5. The summed E-state index contributed by atoms with van der Waals surface area (Å²) in [5, 5.41) is 6.27. The second-order valence-electron chi connectivity index (χ2n) is 6.80. The zero-order valence-corrected chi connectivity index (χ0v) is 15.9. The van der Waals surface area contributed by atoms with Gasteiger partial charge in [0.15, 0.2) is 11.6 Å². The molecule has 0 aromatic heterocycles. The molecule has 5 nitrogen and oxygen atoms in total. The standard InChI is InChI=1S/C21H24F2N2O3/c1-27-15-4-6-20(28-2)14(9-15)11-21(26)25-19-12-24-8-7-16(19)13-3-5-17(22)18(23)10-13/h3-6,9-10,16,19,24H,7-8,11-12H2,1-2H3,(H,25,26). The highest BCUT2D eigenvalue weighted by molar-refractivity contribution is 5.80. The lowest BCUT2D eigenvalue weighted by atomic mass is 9.86. The summed E-state index contributed by atoms with van der Waals surface area (Å²) in [6.45, 7) is 1.31. The molecule has 1 aliphatic rings. The second-order valence-corrected chi connectivity index (χ2v) is 6.80. The van der Waals surface area contributed by atoms with Crippen LogP contribution < -0.4 is 20.1 Å². The predicted octanol–water partition coefficient (Wildman–Crippen LogP) is 2.79. The van der Waals surface area contributed by atoms with Gasteiger partial charge in [-0.3, -0.25) is 4.79 Å². The molecule has 2 aromatic rings. The Labute approximate surface area is 163 Å². The van der Waals surface area contributed by atoms with Crippen molar-refractivity contribution < 1.29 is 23.0 Å². The van der Waals surface area contributed by atoms with E-state index in [1.54, 1.807) is 38.5 Å². The zero-order valence-electron chi connectivity index (χ0n) is 15.9. The van der Waals surface area contributed by atoms with Gasteiger partial charge < -0.3 is 20.1 Å². The third-order valence-electron chi connectivity index (χ3n) is 5.04. The number of ether oxygens (including phenoxy) is 2. The molecule has 28 heavy (non-hydrogen) atoms. The number of halogens is 2. The van der Waals surface area contributed by atoms with E-state index >= 15 is 0 Å². The van der Waals surface area contributed by atoms with Crippen molar-refractivity contribution in [3.63, 3.8) is 0 Å². The van der Waals surface area contributed by atoms with Crippen LogP contribution in [0.4, 0.5) is 8.78 Å². The van der Waals surface area contributed by atoms with Crippen molar-refractivity contribution in [2.75, 3.05) is 27.3 Å². The van der Waals surface area contributed by atoms with Crippen LogP contribution in [0.25, 0.3) is 0 Å². The number of amides is 1. The summed E-state index contributed by atoms with van der Waals surface area (Å²) in [6.07, 6.45) is 0.847. The minimum absolute atomic E-state index is 0.0903. The summed E-state index contributed by atoms with van der Waals surface area (Å²) in [6, 6.07) is 9.01. The van der Waals surface area contributed by atoms with E-state index in [4.69, 9.17) is 9.47 Å². The molecule has 0 radical (unpaired) electrons. The quantitative estimate of drug-likeness (QED) is 0.796. The highest BCUT2D eigenvalue weighted by atomic mass is 19.2. The molecule has 7 heteroatoms. The molecule has 3 rings (SSSR count). The molecular formula is C21H24F2N2O3. The lowest BCUT2D eigenvalue weighted by Crippen LogP contribution is -2.50. The summed E-state index contributed by atoms with van der Waals surface area (Å²) in [5.74, 6) is -0.761. The van der Waals surface area contributed by atoms with Crippen molar-refractivity contribution in [2.24, 2.45) is 0 Å². The number of hydrogen-bond donors (Lipinski definition) is 2. The van der Waals surface area contributed by atoms with Crippen molar-refractivity contribution in [1.29, 1.82) is 0 Å². The molecule has 1 saturated heterocycles. The Morgan fingerprint density at radius 2 is 1.96 bits per heavy atom. The number of benzene rings is 2. The fourth-order valence-electron chi connectivity index (χ4n) is 3.60. The summed E-state index contributed by atoms with van der Waals surface area (Å²) in [5.41, 5.74) is 1.40. The minimum atomic E-state index is -0.873. The summed E-state index contributed by atoms with van der Waals surface area (Å²) < 4.78 is 37.5. The zero-order chi connectivity index (χ0) is 20.1. The normalized spacial score (nSPS) is 19.1. The van der Waals surface area contributed by atoms with Crippen molar-refractivity contribution in [3.8, 4) is 11.5 Å². The van der Waals surface area contributed by atoms with Gasteiger partial charge in [-0.05, 0) is 48.9 Å². The van der Waals surface area contributed by atoms with Gasteiger partial charge in [-0.1, -0.05) is 6.07 Å². The Morgan fingerprint density at radius 1 is 1.14 bits per heavy atom. The Bertz CT molecular complexity index is 844. The molecule has 150 valence electrons. The summed E-state index contributed by atoms with van der Waals surface area (Å²) >= 11 is 0. The molecule has 1 amide bonds. The first-order valence-electron chi connectivity index (χ1n) is 9.17. The van der Waals surface area contributed by atoms with Crippen molar-refractivity contribution in [2.45, 2.75) is 24.8 Å². The molecule has 2 N–H and O–H groups in total. The van der Waals surface area contributed by atoms with Crippen molar-refractivity contribution in [3.05, 3.63) is 59.2 Å². The van der Waals surface area contributed by atoms with Crippen LogP contribution in [0.3, 0.4) is 0 Å². The van der Waals surface area contributed by atoms with Gasteiger partial charge in [-0.25, -0.2) is 8.78 Å². The van der Waals surface area contributed by atoms with Gasteiger partial charge in [-0.15, -0.1) is 0 Å². The van der Waals surface area contributed by atoms with E-state index in [-0.39, 0.29) is 24.3 Å². The summed E-state index contributed by atoms with van der Waals surface area (Å²) in [4.78, 5) is 12.7. The van der Waals surface area contributed by atoms with Gasteiger partial charge in [0.25, 0.3) is 0 Å². The number of rotatable bonds is 6. The van der Waals surface area contributed by atoms with E-state index in [0.717, 1.165) is 19.0 Å². The topological polar surface area (TPSA) is 59.6 Å².